The third-order valence-corrected chi connectivity index (χ3v) is 1.53. The summed E-state index contributed by atoms with van der Waals surface area (Å²) in [7, 11) is 0. The summed E-state index contributed by atoms with van der Waals surface area (Å²) in [6, 6.07) is 0.354. The Labute approximate surface area is 55.4 Å². The Hall–Kier alpha value is -0.520. The molecule has 0 aromatic heterocycles. The number of rotatable bonds is 2. The van der Waals surface area contributed by atoms with Crippen molar-refractivity contribution in [2.45, 2.75) is 25.0 Å². The second-order valence-corrected chi connectivity index (χ2v) is 2.37. The van der Waals surface area contributed by atoms with Gasteiger partial charge in [0.1, 0.15) is 6.61 Å². The van der Waals surface area contributed by atoms with E-state index < -0.39 is 0 Å². The van der Waals surface area contributed by atoms with Crippen molar-refractivity contribution in [2.75, 3.05) is 6.61 Å². The van der Waals surface area contributed by atoms with E-state index in [4.69, 9.17) is 16.9 Å². The highest BCUT2D eigenvalue weighted by atomic mass is 16.5. The van der Waals surface area contributed by atoms with E-state index >= 15 is 0 Å². The first-order chi connectivity index (χ1) is 4.33. The minimum atomic E-state index is 0.344. The maximum atomic E-state index is 5.51. The van der Waals surface area contributed by atoms with Crippen LogP contribution in [0.25, 0.3) is 0 Å². The molecule has 1 fully saturated rings. The first-order valence-corrected chi connectivity index (χ1v) is 3.13. The summed E-state index contributed by atoms with van der Waals surface area (Å²) in [6.07, 6.45) is 7.28. The highest BCUT2D eigenvalue weighted by Crippen LogP contribution is 2.20. The van der Waals surface area contributed by atoms with E-state index in [2.05, 4.69) is 5.92 Å². The van der Waals surface area contributed by atoms with Crippen LogP contribution in [0.1, 0.15) is 12.8 Å². The standard InChI is InChI=1S/C7H11NO/c1-2-3-9-7-4-6(8)5-7/h1,6-7H,3-5,8H2. The Morgan fingerprint density at radius 1 is 1.67 bits per heavy atom. The molecule has 0 atom stereocenters. The molecule has 0 radical (unpaired) electrons. The zero-order chi connectivity index (χ0) is 6.69. The van der Waals surface area contributed by atoms with E-state index in [9.17, 15) is 0 Å². The van der Waals surface area contributed by atoms with Gasteiger partial charge in [-0.3, -0.25) is 0 Å². The maximum absolute atomic E-state index is 5.51. The van der Waals surface area contributed by atoms with E-state index in [1.165, 1.54) is 0 Å². The molecule has 0 bridgehead atoms. The lowest BCUT2D eigenvalue weighted by molar-refractivity contribution is 0.00973. The molecule has 0 spiro atoms. The summed E-state index contributed by atoms with van der Waals surface area (Å²) in [6.45, 7) is 0.428. The first kappa shape index (κ1) is 6.60. The van der Waals surface area contributed by atoms with Crippen LogP contribution in [0.4, 0.5) is 0 Å². The van der Waals surface area contributed by atoms with Gasteiger partial charge in [-0.15, -0.1) is 6.42 Å². The Balaban J connectivity index is 1.99. The summed E-state index contributed by atoms with van der Waals surface area (Å²) in [5.74, 6) is 2.42. The second-order valence-electron chi connectivity index (χ2n) is 2.37. The van der Waals surface area contributed by atoms with E-state index in [1.54, 1.807) is 0 Å². The van der Waals surface area contributed by atoms with Gasteiger partial charge in [-0.1, -0.05) is 5.92 Å². The normalized spacial score (nSPS) is 32.9. The monoisotopic (exact) mass is 125 g/mol. The average molecular weight is 125 g/mol. The number of ether oxygens (including phenoxy) is 1. The van der Waals surface area contributed by atoms with Crippen LogP contribution in [0.5, 0.6) is 0 Å². The molecule has 1 rings (SSSR count). The van der Waals surface area contributed by atoms with Crippen molar-refractivity contribution in [1.82, 2.24) is 0 Å². The lowest BCUT2D eigenvalue weighted by atomic mass is 9.90. The zero-order valence-electron chi connectivity index (χ0n) is 5.34. The van der Waals surface area contributed by atoms with Crippen LogP contribution in [0.15, 0.2) is 0 Å². The number of terminal acetylenes is 1. The van der Waals surface area contributed by atoms with Crippen LogP contribution in [-0.4, -0.2) is 18.8 Å². The van der Waals surface area contributed by atoms with Crippen molar-refractivity contribution in [2.24, 2.45) is 5.73 Å². The number of hydrogen-bond donors (Lipinski definition) is 1. The third-order valence-electron chi connectivity index (χ3n) is 1.53. The predicted octanol–water partition coefficient (Wildman–Crippen LogP) is 0.126. The van der Waals surface area contributed by atoms with Crippen LogP contribution in [-0.2, 0) is 4.74 Å². The minimum Gasteiger partial charge on any atom is -0.365 e. The Bertz CT molecular complexity index is 121. The summed E-state index contributed by atoms with van der Waals surface area (Å²) < 4.78 is 5.18. The quantitative estimate of drug-likeness (QED) is 0.532. The van der Waals surface area contributed by atoms with E-state index in [1.807, 2.05) is 0 Å². The molecule has 0 unspecified atom stereocenters. The molecule has 0 amide bonds. The van der Waals surface area contributed by atoms with Crippen LogP contribution < -0.4 is 5.73 Å². The molecule has 0 aliphatic heterocycles. The molecule has 1 saturated carbocycles. The van der Waals surface area contributed by atoms with Crippen LogP contribution in [0.3, 0.4) is 0 Å². The van der Waals surface area contributed by atoms with Crippen LogP contribution in [0, 0.1) is 12.3 Å². The Kier molecular flexibility index (Phi) is 2.10. The lowest BCUT2D eigenvalue weighted by Gasteiger charge is -2.31. The smallest absolute Gasteiger partial charge is 0.107 e. The second kappa shape index (κ2) is 2.86. The molecule has 9 heavy (non-hydrogen) atoms. The fraction of sp³-hybridized carbons (Fsp3) is 0.714. The summed E-state index contributed by atoms with van der Waals surface area (Å²) in [4.78, 5) is 0. The number of nitrogens with two attached hydrogens (primary N) is 1. The van der Waals surface area contributed by atoms with Gasteiger partial charge in [-0.25, -0.2) is 0 Å². The molecule has 1 aliphatic carbocycles. The maximum Gasteiger partial charge on any atom is 0.107 e. The van der Waals surface area contributed by atoms with E-state index in [0.29, 0.717) is 18.8 Å². The molecule has 2 N–H and O–H groups in total. The van der Waals surface area contributed by atoms with Gasteiger partial charge in [-0.05, 0) is 12.8 Å². The van der Waals surface area contributed by atoms with Crippen molar-refractivity contribution >= 4 is 0 Å². The molecular weight excluding hydrogens is 114 g/mol. The van der Waals surface area contributed by atoms with Crippen LogP contribution >= 0.6 is 0 Å². The predicted molar refractivity (Wildman–Crippen MR) is 35.8 cm³/mol. The molecule has 0 aromatic rings. The van der Waals surface area contributed by atoms with Crippen molar-refractivity contribution < 1.29 is 4.74 Å². The lowest BCUT2D eigenvalue weighted by Crippen LogP contribution is -2.41. The fourth-order valence-electron chi connectivity index (χ4n) is 0.908. The molecule has 1 aliphatic rings. The van der Waals surface area contributed by atoms with Gasteiger partial charge in [-0.2, -0.15) is 0 Å². The van der Waals surface area contributed by atoms with Crippen LogP contribution in [0.2, 0.25) is 0 Å². The number of hydrogen-bond acceptors (Lipinski definition) is 2. The van der Waals surface area contributed by atoms with Gasteiger partial charge < -0.3 is 10.5 Å². The van der Waals surface area contributed by atoms with Crippen molar-refractivity contribution in [3.05, 3.63) is 0 Å². The van der Waals surface area contributed by atoms with Gasteiger partial charge in [0.05, 0.1) is 6.10 Å². The summed E-state index contributed by atoms with van der Waals surface area (Å²) in [5.41, 5.74) is 5.51. The molecule has 0 aromatic carbocycles. The molecule has 2 heteroatoms. The van der Waals surface area contributed by atoms with E-state index in [0.717, 1.165) is 12.8 Å². The fourth-order valence-corrected chi connectivity index (χ4v) is 0.908. The summed E-state index contributed by atoms with van der Waals surface area (Å²) >= 11 is 0. The molecular formula is C7H11NO. The van der Waals surface area contributed by atoms with Gasteiger partial charge in [0, 0.05) is 6.04 Å². The molecule has 2 nitrogen and oxygen atoms in total. The van der Waals surface area contributed by atoms with Crippen molar-refractivity contribution in [1.29, 1.82) is 0 Å². The van der Waals surface area contributed by atoms with Gasteiger partial charge in [0.15, 0.2) is 0 Å². The van der Waals surface area contributed by atoms with Crippen molar-refractivity contribution in [3.8, 4) is 12.3 Å². The largest absolute Gasteiger partial charge is 0.365 e. The SMILES string of the molecule is C#CCOC1CC(N)C1. The Morgan fingerprint density at radius 3 is 2.78 bits per heavy atom. The first-order valence-electron chi connectivity index (χ1n) is 3.13. The van der Waals surface area contributed by atoms with Gasteiger partial charge >= 0.3 is 0 Å². The molecule has 0 heterocycles. The molecule has 0 saturated heterocycles. The molecule has 50 valence electrons. The van der Waals surface area contributed by atoms with E-state index in [-0.39, 0.29) is 0 Å². The topological polar surface area (TPSA) is 35.2 Å². The summed E-state index contributed by atoms with van der Waals surface area (Å²) in [5, 5.41) is 0. The van der Waals surface area contributed by atoms with Gasteiger partial charge in [0.2, 0.25) is 0 Å². The average Bonchev–Trinajstić information content (AvgIpc) is 1.78. The van der Waals surface area contributed by atoms with Crippen molar-refractivity contribution in [3.63, 3.8) is 0 Å². The van der Waals surface area contributed by atoms with Gasteiger partial charge in [0.25, 0.3) is 0 Å². The minimum absolute atomic E-state index is 0.344. The third kappa shape index (κ3) is 1.70. The Morgan fingerprint density at radius 2 is 2.33 bits per heavy atom. The zero-order valence-corrected chi connectivity index (χ0v) is 5.34. The highest BCUT2D eigenvalue weighted by Gasteiger charge is 2.25. The highest BCUT2D eigenvalue weighted by molar-refractivity contribution is 4.87.